The number of hydrogen-bond acceptors (Lipinski definition) is 6. The molecule has 0 spiro atoms. The fourth-order valence-corrected chi connectivity index (χ4v) is 3.07. The molecule has 0 bridgehead atoms. The molecule has 0 aliphatic carbocycles. The van der Waals surface area contributed by atoms with E-state index in [1.165, 1.54) is 11.3 Å². The molecule has 5 nitrogen and oxygen atoms in total. The Labute approximate surface area is 156 Å². The Hall–Kier alpha value is -3.30. The Morgan fingerprint density at radius 3 is 2.23 bits per heavy atom. The Morgan fingerprint density at radius 1 is 1.04 bits per heavy atom. The summed E-state index contributed by atoms with van der Waals surface area (Å²) >= 11 is 1.44. The van der Waals surface area contributed by atoms with Gasteiger partial charge < -0.3 is 14.8 Å². The van der Waals surface area contributed by atoms with Crippen LogP contribution in [0.4, 0.5) is 5.69 Å². The van der Waals surface area contributed by atoms with Crippen LogP contribution in [0.2, 0.25) is 0 Å². The second-order valence-electron chi connectivity index (χ2n) is 5.31. The number of nitriles is 1. The molecular formula is C20H17N3O2S. The monoisotopic (exact) mass is 363 g/mol. The highest BCUT2D eigenvalue weighted by atomic mass is 32.1. The summed E-state index contributed by atoms with van der Waals surface area (Å²) in [5.41, 5.74) is 3.16. The molecule has 1 aromatic heterocycles. The number of hydrogen-bond donors (Lipinski definition) is 1. The molecule has 0 aliphatic rings. The van der Waals surface area contributed by atoms with Crippen LogP contribution < -0.4 is 14.8 Å². The molecule has 0 atom stereocenters. The van der Waals surface area contributed by atoms with Crippen LogP contribution >= 0.6 is 11.3 Å². The third-order valence-electron chi connectivity index (χ3n) is 3.71. The summed E-state index contributed by atoms with van der Waals surface area (Å²) in [7, 11) is 3.26. The number of aromatic nitrogens is 1. The average molecular weight is 363 g/mol. The topological polar surface area (TPSA) is 67.2 Å². The van der Waals surface area contributed by atoms with Gasteiger partial charge in [-0.3, -0.25) is 0 Å². The van der Waals surface area contributed by atoms with Crippen LogP contribution in [0.15, 0.2) is 60.1 Å². The van der Waals surface area contributed by atoms with Gasteiger partial charge >= 0.3 is 0 Å². The van der Waals surface area contributed by atoms with Gasteiger partial charge in [0, 0.05) is 22.8 Å². The highest BCUT2D eigenvalue weighted by Crippen LogP contribution is 2.27. The Balaban J connectivity index is 1.77. The fourth-order valence-electron chi connectivity index (χ4n) is 2.28. The number of allylic oxidation sites excluding steroid dienone is 1. The number of methoxy groups -OCH3 is 2. The first-order valence-electron chi connectivity index (χ1n) is 7.84. The highest BCUT2D eigenvalue weighted by molar-refractivity contribution is 7.11. The number of thiazole rings is 1. The van der Waals surface area contributed by atoms with Gasteiger partial charge in [0.1, 0.15) is 28.1 Å². The number of rotatable bonds is 6. The van der Waals surface area contributed by atoms with Gasteiger partial charge in [-0.25, -0.2) is 4.98 Å². The predicted octanol–water partition coefficient (Wildman–Crippen LogP) is 4.80. The van der Waals surface area contributed by atoms with Crippen molar-refractivity contribution < 1.29 is 9.47 Å². The molecule has 0 saturated heterocycles. The number of nitrogens with zero attached hydrogens (tertiary/aromatic N) is 2. The summed E-state index contributed by atoms with van der Waals surface area (Å²) in [6.07, 6.45) is 1.67. The standard InChI is InChI=1S/C20H17N3O2S/c1-24-17-7-3-14(4-8-17)19-13-26-20(23-19)15(11-21)12-22-16-5-9-18(25-2)10-6-16/h3-10,12-13,22H,1-2H3/b15-12-. The van der Waals surface area contributed by atoms with Crippen molar-refractivity contribution in [1.29, 1.82) is 5.26 Å². The van der Waals surface area contributed by atoms with Gasteiger partial charge in [-0.1, -0.05) is 0 Å². The van der Waals surface area contributed by atoms with Crippen LogP contribution in [-0.4, -0.2) is 19.2 Å². The van der Waals surface area contributed by atoms with Crippen LogP contribution in [0.3, 0.4) is 0 Å². The summed E-state index contributed by atoms with van der Waals surface area (Å²) in [6.45, 7) is 0. The van der Waals surface area contributed by atoms with E-state index < -0.39 is 0 Å². The number of benzene rings is 2. The molecule has 3 aromatic rings. The normalized spacial score (nSPS) is 10.9. The van der Waals surface area contributed by atoms with Gasteiger partial charge in [-0.2, -0.15) is 5.26 Å². The maximum absolute atomic E-state index is 9.46. The number of anilines is 1. The van der Waals surface area contributed by atoms with Crippen molar-refractivity contribution in [2.75, 3.05) is 19.5 Å². The van der Waals surface area contributed by atoms with Crippen molar-refractivity contribution in [2.45, 2.75) is 0 Å². The van der Waals surface area contributed by atoms with Crippen LogP contribution in [0, 0.1) is 11.3 Å². The first-order valence-corrected chi connectivity index (χ1v) is 8.72. The lowest BCUT2D eigenvalue weighted by atomic mass is 10.2. The SMILES string of the molecule is COc1ccc(N/C=C(/C#N)c2nc(-c3ccc(OC)cc3)cs2)cc1. The van der Waals surface area contributed by atoms with E-state index in [2.05, 4.69) is 16.4 Å². The van der Waals surface area contributed by atoms with E-state index >= 15 is 0 Å². The fraction of sp³-hybridized carbons (Fsp3) is 0.100. The average Bonchev–Trinajstić information content (AvgIpc) is 3.19. The van der Waals surface area contributed by atoms with Crippen molar-refractivity contribution in [3.8, 4) is 28.8 Å². The van der Waals surface area contributed by atoms with E-state index in [1.807, 2.05) is 53.9 Å². The van der Waals surface area contributed by atoms with Gasteiger partial charge in [0.2, 0.25) is 0 Å². The van der Waals surface area contributed by atoms with Gasteiger partial charge in [0.05, 0.1) is 19.9 Å². The Bertz CT molecular complexity index is 938. The van der Waals surface area contributed by atoms with Crippen LogP contribution in [0.1, 0.15) is 5.01 Å². The van der Waals surface area contributed by atoms with E-state index in [1.54, 1.807) is 20.4 Å². The minimum absolute atomic E-state index is 0.477. The molecular weight excluding hydrogens is 346 g/mol. The van der Waals surface area contributed by atoms with Gasteiger partial charge in [0.25, 0.3) is 0 Å². The van der Waals surface area contributed by atoms with Crippen LogP contribution in [-0.2, 0) is 0 Å². The third kappa shape index (κ3) is 4.02. The van der Waals surface area contributed by atoms with E-state index in [-0.39, 0.29) is 0 Å². The first kappa shape index (κ1) is 17.5. The van der Waals surface area contributed by atoms with Crippen molar-refractivity contribution >= 4 is 22.6 Å². The molecule has 0 unspecified atom stereocenters. The van der Waals surface area contributed by atoms with Crippen molar-refractivity contribution in [3.63, 3.8) is 0 Å². The van der Waals surface area contributed by atoms with Gasteiger partial charge in [-0.05, 0) is 48.5 Å². The molecule has 3 rings (SSSR count). The largest absolute Gasteiger partial charge is 0.497 e. The molecule has 2 aromatic carbocycles. The molecule has 1 heterocycles. The van der Waals surface area contributed by atoms with Gasteiger partial charge in [-0.15, -0.1) is 11.3 Å². The molecule has 0 aliphatic heterocycles. The zero-order valence-corrected chi connectivity index (χ0v) is 15.2. The summed E-state index contributed by atoms with van der Waals surface area (Å²) in [5.74, 6) is 1.58. The first-order chi connectivity index (χ1) is 12.7. The summed E-state index contributed by atoms with van der Waals surface area (Å²) in [6, 6.07) is 17.3. The molecule has 0 saturated carbocycles. The quantitative estimate of drug-likeness (QED) is 0.637. The maximum Gasteiger partial charge on any atom is 0.136 e. The van der Waals surface area contributed by atoms with E-state index in [0.717, 1.165) is 28.4 Å². The van der Waals surface area contributed by atoms with E-state index in [4.69, 9.17) is 9.47 Å². The van der Waals surface area contributed by atoms with Crippen LogP contribution in [0.5, 0.6) is 11.5 Å². The Kier molecular flexibility index (Phi) is 5.52. The smallest absolute Gasteiger partial charge is 0.136 e. The zero-order valence-electron chi connectivity index (χ0n) is 14.4. The second kappa shape index (κ2) is 8.19. The summed E-state index contributed by atoms with van der Waals surface area (Å²) in [4.78, 5) is 4.57. The minimum Gasteiger partial charge on any atom is -0.497 e. The molecule has 0 radical (unpaired) electrons. The van der Waals surface area contributed by atoms with E-state index in [9.17, 15) is 5.26 Å². The summed E-state index contributed by atoms with van der Waals surface area (Å²) in [5, 5.41) is 15.2. The van der Waals surface area contributed by atoms with Crippen molar-refractivity contribution in [3.05, 3.63) is 65.1 Å². The molecule has 6 heteroatoms. The molecule has 1 N–H and O–H groups in total. The Morgan fingerprint density at radius 2 is 1.65 bits per heavy atom. The number of nitrogens with one attached hydrogen (secondary N) is 1. The zero-order chi connectivity index (χ0) is 18.4. The molecule has 130 valence electrons. The lowest BCUT2D eigenvalue weighted by Crippen LogP contribution is -1.91. The highest BCUT2D eigenvalue weighted by Gasteiger charge is 2.09. The van der Waals surface area contributed by atoms with Crippen LogP contribution in [0.25, 0.3) is 16.8 Å². The molecule has 26 heavy (non-hydrogen) atoms. The number of ether oxygens (including phenoxy) is 2. The lowest BCUT2D eigenvalue weighted by Gasteiger charge is -2.03. The maximum atomic E-state index is 9.46. The predicted molar refractivity (Wildman–Crippen MR) is 104 cm³/mol. The second-order valence-corrected chi connectivity index (χ2v) is 6.17. The van der Waals surface area contributed by atoms with Crippen molar-refractivity contribution in [2.24, 2.45) is 0 Å². The van der Waals surface area contributed by atoms with Crippen molar-refractivity contribution in [1.82, 2.24) is 4.98 Å². The minimum atomic E-state index is 0.477. The molecule has 0 amide bonds. The van der Waals surface area contributed by atoms with Gasteiger partial charge in [0.15, 0.2) is 0 Å². The summed E-state index contributed by atoms with van der Waals surface area (Å²) < 4.78 is 10.3. The third-order valence-corrected chi connectivity index (χ3v) is 4.59. The van der Waals surface area contributed by atoms with E-state index in [0.29, 0.717) is 10.6 Å². The lowest BCUT2D eigenvalue weighted by molar-refractivity contribution is 0.415. The molecule has 0 fully saturated rings.